The molecule has 2 rings (SSSR count). The Morgan fingerprint density at radius 1 is 1.30 bits per heavy atom. The van der Waals surface area contributed by atoms with Crippen LogP contribution in [0.3, 0.4) is 0 Å². The Kier molecular flexibility index (Phi) is 11.7. The van der Waals surface area contributed by atoms with Crippen molar-refractivity contribution in [3.63, 3.8) is 0 Å². The van der Waals surface area contributed by atoms with Crippen LogP contribution >= 0.6 is 24.0 Å². The number of piperidine rings is 1. The third kappa shape index (κ3) is 8.66. The third-order valence-electron chi connectivity index (χ3n) is 4.69. The Bertz CT molecular complexity index is 575. The Hall–Kier alpha value is -1.06. The highest BCUT2D eigenvalue weighted by molar-refractivity contribution is 14.0. The maximum Gasteiger partial charge on any atom is 0.191 e. The fourth-order valence-corrected chi connectivity index (χ4v) is 3.14. The normalized spacial score (nSPS) is 15.9. The number of aliphatic imine (C=N–C) groups is 1. The van der Waals surface area contributed by atoms with Gasteiger partial charge in [0.25, 0.3) is 0 Å². The molecule has 0 bridgehead atoms. The van der Waals surface area contributed by atoms with Crippen LogP contribution in [0, 0.1) is 6.92 Å². The van der Waals surface area contributed by atoms with Crippen LogP contribution in [0.4, 0.5) is 0 Å². The molecule has 0 saturated carbocycles. The molecule has 6 nitrogen and oxygen atoms in total. The van der Waals surface area contributed by atoms with Crippen molar-refractivity contribution in [3.8, 4) is 5.75 Å². The van der Waals surface area contributed by atoms with Crippen LogP contribution in [0.15, 0.2) is 23.2 Å². The Balaban J connectivity index is 0.00000364. The van der Waals surface area contributed by atoms with E-state index < -0.39 is 0 Å². The van der Waals surface area contributed by atoms with Gasteiger partial charge < -0.3 is 25.4 Å². The molecule has 1 saturated heterocycles. The quantitative estimate of drug-likeness (QED) is 0.226. The largest absolute Gasteiger partial charge is 0.496 e. The number of nitrogens with zero attached hydrogens (tertiary/aromatic N) is 2. The summed E-state index contributed by atoms with van der Waals surface area (Å²) in [6, 6.07) is 6.20. The van der Waals surface area contributed by atoms with Gasteiger partial charge in [-0.1, -0.05) is 12.1 Å². The van der Waals surface area contributed by atoms with Crippen molar-refractivity contribution in [3.05, 3.63) is 29.3 Å². The first-order valence-electron chi connectivity index (χ1n) is 9.68. The summed E-state index contributed by atoms with van der Waals surface area (Å²) in [6.07, 6.45) is 2.76. The molecule has 0 radical (unpaired) electrons. The van der Waals surface area contributed by atoms with Gasteiger partial charge in [0, 0.05) is 31.7 Å². The molecule has 7 heteroatoms. The Morgan fingerprint density at radius 3 is 2.70 bits per heavy atom. The number of benzene rings is 1. The number of hydrogen-bond donors (Lipinski definition) is 3. The molecule has 1 aromatic rings. The Morgan fingerprint density at radius 2 is 2.04 bits per heavy atom. The van der Waals surface area contributed by atoms with E-state index in [0.29, 0.717) is 6.54 Å². The molecule has 1 aromatic carbocycles. The summed E-state index contributed by atoms with van der Waals surface area (Å²) in [6.45, 7) is 9.50. The minimum atomic E-state index is -0.101. The van der Waals surface area contributed by atoms with Gasteiger partial charge in [-0.15, -0.1) is 24.0 Å². The van der Waals surface area contributed by atoms with E-state index in [0.717, 1.165) is 69.3 Å². The predicted octanol–water partition coefficient (Wildman–Crippen LogP) is 2.52. The first-order chi connectivity index (χ1) is 12.6. The van der Waals surface area contributed by atoms with Crippen molar-refractivity contribution >= 4 is 29.9 Å². The van der Waals surface area contributed by atoms with Crippen molar-refractivity contribution in [1.82, 2.24) is 15.5 Å². The standard InChI is InChI=1S/C20H34N4O2.HI/c1-4-21-20(22-10-5-11-24-12-8-18(25)9-13-24)23-15-17-7-6-16(2)14-19(17)26-3;/h6-7,14,18,25H,4-5,8-13,15H2,1-3H3,(H2,21,22,23);1H. The van der Waals surface area contributed by atoms with Crippen LogP contribution in [-0.4, -0.2) is 61.9 Å². The minimum Gasteiger partial charge on any atom is -0.496 e. The average Bonchev–Trinajstić information content (AvgIpc) is 2.65. The highest BCUT2D eigenvalue weighted by Gasteiger charge is 2.16. The number of guanidine groups is 1. The zero-order chi connectivity index (χ0) is 18.8. The molecule has 27 heavy (non-hydrogen) atoms. The number of ether oxygens (including phenoxy) is 1. The molecule has 0 spiro atoms. The van der Waals surface area contributed by atoms with Crippen LogP contribution < -0.4 is 15.4 Å². The van der Waals surface area contributed by atoms with E-state index in [1.807, 2.05) is 6.07 Å². The van der Waals surface area contributed by atoms with Gasteiger partial charge in [0.1, 0.15) is 5.75 Å². The molecule has 1 aliphatic heterocycles. The van der Waals surface area contributed by atoms with Gasteiger partial charge in [-0.2, -0.15) is 0 Å². The van der Waals surface area contributed by atoms with Gasteiger partial charge in [-0.25, -0.2) is 4.99 Å². The first kappa shape index (κ1) is 24.0. The van der Waals surface area contributed by atoms with Crippen LogP contribution in [0.1, 0.15) is 37.3 Å². The number of methoxy groups -OCH3 is 1. The molecule has 0 unspecified atom stereocenters. The van der Waals surface area contributed by atoms with E-state index in [9.17, 15) is 5.11 Å². The van der Waals surface area contributed by atoms with E-state index in [-0.39, 0.29) is 30.1 Å². The Labute approximate surface area is 180 Å². The summed E-state index contributed by atoms with van der Waals surface area (Å²) in [4.78, 5) is 7.11. The summed E-state index contributed by atoms with van der Waals surface area (Å²) >= 11 is 0. The highest BCUT2D eigenvalue weighted by Crippen LogP contribution is 2.20. The highest BCUT2D eigenvalue weighted by atomic mass is 127. The number of aliphatic hydroxyl groups is 1. The molecule has 0 amide bonds. The molecule has 1 fully saturated rings. The van der Waals surface area contributed by atoms with Gasteiger partial charge in [0.15, 0.2) is 5.96 Å². The number of aliphatic hydroxyl groups excluding tert-OH is 1. The fourth-order valence-electron chi connectivity index (χ4n) is 3.14. The minimum absolute atomic E-state index is 0. The van der Waals surface area contributed by atoms with E-state index in [2.05, 4.69) is 46.5 Å². The smallest absolute Gasteiger partial charge is 0.191 e. The summed E-state index contributed by atoms with van der Waals surface area (Å²) in [5.74, 6) is 1.72. The summed E-state index contributed by atoms with van der Waals surface area (Å²) in [5, 5.41) is 16.3. The first-order valence-corrected chi connectivity index (χ1v) is 9.68. The molecular weight excluding hydrogens is 455 g/mol. The van der Waals surface area contributed by atoms with E-state index in [1.165, 1.54) is 5.56 Å². The molecule has 3 N–H and O–H groups in total. The molecule has 1 aliphatic rings. The molecule has 1 heterocycles. The lowest BCUT2D eigenvalue weighted by Crippen LogP contribution is -2.40. The second kappa shape index (κ2) is 13.2. The maximum atomic E-state index is 9.56. The number of aryl methyl sites for hydroxylation is 1. The van der Waals surface area contributed by atoms with Gasteiger partial charge in [0.05, 0.1) is 19.8 Å². The zero-order valence-corrected chi connectivity index (χ0v) is 19.2. The van der Waals surface area contributed by atoms with Crippen LogP contribution in [0.25, 0.3) is 0 Å². The van der Waals surface area contributed by atoms with Crippen LogP contribution in [0.2, 0.25) is 0 Å². The summed E-state index contributed by atoms with van der Waals surface area (Å²) in [7, 11) is 1.70. The maximum absolute atomic E-state index is 9.56. The van der Waals surface area contributed by atoms with Gasteiger partial charge in [-0.05, 0) is 51.3 Å². The topological polar surface area (TPSA) is 69.1 Å². The van der Waals surface area contributed by atoms with Crippen molar-refractivity contribution in [2.75, 3.05) is 39.8 Å². The number of halogens is 1. The lowest BCUT2D eigenvalue weighted by atomic mass is 10.1. The fraction of sp³-hybridized carbons (Fsp3) is 0.650. The predicted molar refractivity (Wildman–Crippen MR) is 122 cm³/mol. The van der Waals surface area contributed by atoms with Crippen molar-refractivity contribution < 1.29 is 9.84 Å². The molecule has 0 aliphatic carbocycles. The molecule has 0 aromatic heterocycles. The number of likely N-dealkylation sites (tertiary alicyclic amines) is 1. The van der Waals surface area contributed by atoms with Crippen molar-refractivity contribution in [1.29, 1.82) is 0 Å². The van der Waals surface area contributed by atoms with Crippen LogP contribution in [-0.2, 0) is 6.54 Å². The van der Waals surface area contributed by atoms with Crippen molar-refractivity contribution in [2.24, 2.45) is 4.99 Å². The lowest BCUT2D eigenvalue weighted by Gasteiger charge is -2.29. The van der Waals surface area contributed by atoms with Crippen LogP contribution in [0.5, 0.6) is 5.75 Å². The lowest BCUT2D eigenvalue weighted by molar-refractivity contribution is 0.0823. The third-order valence-corrected chi connectivity index (χ3v) is 4.69. The van der Waals surface area contributed by atoms with E-state index in [4.69, 9.17) is 4.74 Å². The molecular formula is C20H35IN4O2. The average molecular weight is 490 g/mol. The second-order valence-electron chi connectivity index (χ2n) is 6.86. The van der Waals surface area contributed by atoms with Gasteiger partial charge >= 0.3 is 0 Å². The molecule has 154 valence electrons. The van der Waals surface area contributed by atoms with Gasteiger partial charge in [0.2, 0.25) is 0 Å². The second-order valence-corrected chi connectivity index (χ2v) is 6.86. The number of nitrogens with one attached hydrogen (secondary N) is 2. The van der Waals surface area contributed by atoms with E-state index in [1.54, 1.807) is 7.11 Å². The molecule has 0 atom stereocenters. The summed E-state index contributed by atoms with van der Waals surface area (Å²) in [5.41, 5.74) is 2.27. The number of hydrogen-bond acceptors (Lipinski definition) is 4. The van der Waals surface area contributed by atoms with Crippen molar-refractivity contribution in [2.45, 2.75) is 45.8 Å². The zero-order valence-electron chi connectivity index (χ0n) is 16.8. The SMILES string of the molecule is CCNC(=NCc1ccc(C)cc1OC)NCCCN1CCC(O)CC1.I. The monoisotopic (exact) mass is 490 g/mol. The van der Waals surface area contributed by atoms with E-state index >= 15 is 0 Å². The number of rotatable bonds is 8. The summed E-state index contributed by atoms with van der Waals surface area (Å²) < 4.78 is 5.46. The van der Waals surface area contributed by atoms with Gasteiger partial charge in [-0.3, -0.25) is 0 Å².